The molecule has 0 saturated carbocycles. The van der Waals surface area contributed by atoms with Crippen LogP contribution in [0.1, 0.15) is 23.5 Å². The van der Waals surface area contributed by atoms with Gasteiger partial charge >= 0.3 is 5.97 Å². The van der Waals surface area contributed by atoms with Crippen LogP contribution in [0.5, 0.6) is 0 Å². The van der Waals surface area contributed by atoms with Crippen molar-refractivity contribution in [3.63, 3.8) is 0 Å². The molecule has 3 heteroatoms. The fourth-order valence-electron chi connectivity index (χ4n) is 2.33. The zero-order chi connectivity index (χ0) is 13.7. The molecule has 98 valence electrons. The van der Waals surface area contributed by atoms with Crippen LogP contribution in [0.4, 0.5) is 0 Å². The molecule has 1 atom stereocenters. The first kappa shape index (κ1) is 13.3. The largest absolute Gasteiger partial charge is 0.481 e. The van der Waals surface area contributed by atoms with Gasteiger partial charge in [-0.1, -0.05) is 60.7 Å². The van der Waals surface area contributed by atoms with Crippen molar-refractivity contribution in [2.75, 3.05) is 0 Å². The van der Waals surface area contributed by atoms with Gasteiger partial charge in [0, 0.05) is 12.0 Å². The summed E-state index contributed by atoms with van der Waals surface area (Å²) in [5, 5.41) is 8.95. The highest BCUT2D eigenvalue weighted by Gasteiger charge is 2.23. The lowest BCUT2D eigenvalue weighted by Gasteiger charge is -2.23. The van der Waals surface area contributed by atoms with Crippen molar-refractivity contribution in [3.05, 3.63) is 71.8 Å². The first-order chi connectivity index (χ1) is 9.18. The maximum absolute atomic E-state index is 10.9. The maximum atomic E-state index is 10.9. The van der Waals surface area contributed by atoms with E-state index in [0.29, 0.717) is 0 Å². The second-order valence-corrected chi connectivity index (χ2v) is 4.56. The van der Waals surface area contributed by atoms with E-state index in [-0.39, 0.29) is 12.3 Å². The van der Waals surface area contributed by atoms with Crippen LogP contribution in [-0.2, 0) is 4.79 Å². The van der Waals surface area contributed by atoms with Gasteiger partial charge in [0.1, 0.15) is 0 Å². The van der Waals surface area contributed by atoms with E-state index in [1.807, 2.05) is 60.7 Å². The average molecular weight is 255 g/mol. The quantitative estimate of drug-likeness (QED) is 0.863. The summed E-state index contributed by atoms with van der Waals surface area (Å²) < 4.78 is 0. The molecule has 2 rings (SSSR count). The Labute approximate surface area is 112 Å². The van der Waals surface area contributed by atoms with E-state index in [0.717, 1.165) is 11.1 Å². The number of carboxylic acid groups (broad SMARTS) is 1. The minimum Gasteiger partial charge on any atom is -0.481 e. The SMILES string of the molecule is NC(CC(=O)O)C(c1ccccc1)c1ccccc1. The topological polar surface area (TPSA) is 63.3 Å². The number of carbonyl (C=O) groups is 1. The molecule has 0 aliphatic rings. The third-order valence-corrected chi connectivity index (χ3v) is 3.16. The van der Waals surface area contributed by atoms with E-state index in [1.54, 1.807) is 0 Å². The standard InChI is InChI=1S/C16H17NO2/c17-14(11-15(18)19)16(12-7-3-1-4-8-12)13-9-5-2-6-10-13/h1-10,14,16H,11,17H2,(H,18,19). The van der Waals surface area contributed by atoms with Crippen molar-refractivity contribution in [2.45, 2.75) is 18.4 Å². The van der Waals surface area contributed by atoms with Gasteiger partial charge in [0.2, 0.25) is 0 Å². The van der Waals surface area contributed by atoms with Crippen LogP contribution in [0.2, 0.25) is 0 Å². The summed E-state index contributed by atoms with van der Waals surface area (Å²) in [5.41, 5.74) is 8.19. The predicted octanol–water partition coefficient (Wildman–Crippen LogP) is 2.62. The molecule has 0 aliphatic carbocycles. The predicted molar refractivity (Wildman–Crippen MR) is 75.0 cm³/mol. The fourth-order valence-corrected chi connectivity index (χ4v) is 2.33. The molecule has 0 radical (unpaired) electrons. The Morgan fingerprint density at radius 3 is 1.74 bits per heavy atom. The molecule has 0 bridgehead atoms. The molecule has 2 aromatic rings. The molecule has 0 saturated heterocycles. The molecule has 3 N–H and O–H groups in total. The van der Waals surface area contributed by atoms with Gasteiger partial charge in [0.15, 0.2) is 0 Å². The highest BCUT2D eigenvalue weighted by Crippen LogP contribution is 2.28. The highest BCUT2D eigenvalue weighted by molar-refractivity contribution is 5.68. The molecular formula is C16H17NO2. The van der Waals surface area contributed by atoms with Crippen LogP contribution in [-0.4, -0.2) is 17.1 Å². The van der Waals surface area contributed by atoms with Gasteiger partial charge in [-0.15, -0.1) is 0 Å². The Bertz CT molecular complexity index is 485. The van der Waals surface area contributed by atoms with E-state index >= 15 is 0 Å². The molecular weight excluding hydrogens is 238 g/mol. The first-order valence-electron chi connectivity index (χ1n) is 6.25. The summed E-state index contributed by atoms with van der Waals surface area (Å²) in [6.45, 7) is 0. The second kappa shape index (κ2) is 6.16. The highest BCUT2D eigenvalue weighted by atomic mass is 16.4. The van der Waals surface area contributed by atoms with E-state index in [4.69, 9.17) is 10.8 Å². The molecule has 2 aromatic carbocycles. The Balaban J connectivity index is 2.37. The minimum atomic E-state index is -0.871. The number of nitrogens with two attached hydrogens (primary N) is 1. The van der Waals surface area contributed by atoms with E-state index in [9.17, 15) is 4.79 Å². The van der Waals surface area contributed by atoms with Crippen molar-refractivity contribution in [2.24, 2.45) is 5.73 Å². The lowest BCUT2D eigenvalue weighted by atomic mass is 9.84. The van der Waals surface area contributed by atoms with Gasteiger partial charge < -0.3 is 10.8 Å². The molecule has 3 nitrogen and oxygen atoms in total. The van der Waals surface area contributed by atoms with Gasteiger partial charge in [-0.05, 0) is 11.1 Å². The Morgan fingerprint density at radius 2 is 1.37 bits per heavy atom. The third-order valence-electron chi connectivity index (χ3n) is 3.16. The van der Waals surface area contributed by atoms with Crippen molar-refractivity contribution >= 4 is 5.97 Å². The monoisotopic (exact) mass is 255 g/mol. The normalized spacial score (nSPS) is 12.3. The van der Waals surface area contributed by atoms with Crippen molar-refractivity contribution < 1.29 is 9.90 Å². The molecule has 0 amide bonds. The molecule has 19 heavy (non-hydrogen) atoms. The number of benzene rings is 2. The van der Waals surface area contributed by atoms with Crippen LogP contribution in [0.3, 0.4) is 0 Å². The number of aliphatic carboxylic acids is 1. The van der Waals surface area contributed by atoms with Gasteiger partial charge in [-0.25, -0.2) is 0 Å². The van der Waals surface area contributed by atoms with Gasteiger partial charge in [0.25, 0.3) is 0 Å². The molecule has 0 aliphatic heterocycles. The number of hydrogen-bond donors (Lipinski definition) is 2. The maximum Gasteiger partial charge on any atom is 0.304 e. The van der Waals surface area contributed by atoms with Crippen LogP contribution in [0, 0.1) is 0 Å². The van der Waals surface area contributed by atoms with Crippen LogP contribution >= 0.6 is 0 Å². The lowest BCUT2D eigenvalue weighted by molar-refractivity contribution is -0.137. The third kappa shape index (κ3) is 3.42. The van der Waals surface area contributed by atoms with E-state index < -0.39 is 12.0 Å². The van der Waals surface area contributed by atoms with Crippen LogP contribution in [0.25, 0.3) is 0 Å². The molecule has 0 spiro atoms. The van der Waals surface area contributed by atoms with Crippen LogP contribution in [0.15, 0.2) is 60.7 Å². The smallest absolute Gasteiger partial charge is 0.304 e. The average Bonchev–Trinajstić information content (AvgIpc) is 2.40. The first-order valence-corrected chi connectivity index (χ1v) is 6.25. The summed E-state index contributed by atoms with van der Waals surface area (Å²) in [6, 6.07) is 19.2. The number of hydrogen-bond acceptors (Lipinski definition) is 2. The van der Waals surface area contributed by atoms with E-state index in [1.165, 1.54) is 0 Å². The Hall–Kier alpha value is -2.13. The number of carboxylic acids is 1. The summed E-state index contributed by atoms with van der Waals surface area (Å²) in [5.74, 6) is -0.970. The summed E-state index contributed by atoms with van der Waals surface area (Å²) >= 11 is 0. The zero-order valence-electron chi connectivity index (χ0n) is 10.6. The van der Waals surface area contributed by atoms with Gasteiger partial charge in [-0.3, -0.25) is 4.79 Å². The van der Waals surface area contributed by atoms with Crippen molar-refractivity contribution in [3.8, 4) is 0 Å². The molecule has 0 heterocycles. The molecule has 0 aromatic heterocycles. The zero-order valence-corrected chi connectivity index (χ0v) is 10.6. The van der Waals surface area contributed by atoms with Crippen molar-refractivity contribution in [1.82, 2.24) is 0 Å². The van der Waals surface area contributed by atoms with Gasteiger partial charge in [-0.2, -0.15) is 0 Å². The molecule has 0 fully saturated rings. The Morgan fingerprint density at radius 1 is 0.947 bits per heavy atom. The second-order valence-electron chi connectivity index (χ2n) is 4.56. The minimum absolute atomic E-state index is 0.0472. The fraction of sp³-hybridized carbons (Fsp3) is 0.188. The molecule has 1 unspecified atom stereocenters. The summed E-state index contributed by atoms with van der Waals surface area (Å²) in [6.07, 6.45) is -0.0472. The van der Waals surface area contributed by atoms with Crippen LogP contribution < -0.4 is 5.73 Å². The van der Waals surface area contributed by atoms with Crippen molar-refractivity contribution in [1.29, 1.82) is 0 Å². The summed E-state index contributed by atoms with van der Waals surface area (Å²) in [7, 11) is 0. The summed E-state index contributed by atoms with van der Waals surface area (Å²) in [4.78, 5) is 10.9. The Kier molecular flexibility index (Phi) is 4.31. The van der Waals surface area contributed by atoms with E-state index in [2.05, 4.69) is 0 Å². The van der Waals surface area contributed by atoms with Gasteiger partial charge in [0.05, 0.1) is 6.42 Å². The lowest BCUT2D eigenvalue weighted by Crippen LogP contribution is -2.31. The number of rotatable bonds is 5.